The predicted molar refractivity (Wildman–Crippen MR) is 133 cm³/mol. The second kappa shape index (κ2) is 11.6. The molecule has 0 unspecified atom stereocenters. The lowest BCUT2D eigenvalue weighted by molar-refractivity contribution is 0.171. The van der Waals surface area contributed by atoms with Gasteiger partial charge in [-0.3, -0.25) is 4.99 Å². The maximum absolute atomic E-state index is 5.84. The number of benzene rings is 1. The molecule has 2 aromatic rings. The summed E-state index contributed by atoms with van der Waals surface area (Å²) in [5, 5.41) is 7.21. The Balaban J connectivity index is 0.00000320. The molecule has 0 saturated heterocycles. The minimum Gasteiger partial charge on any atom is -0.486 e. The Labute approximate surface area is 200 Å². The van der Waals surface area contributed by atoms with Gasteiger partial charge in [0.05, 0.1) is 6.54 Å². The molecule has 0 amide bonds. The molecular formula is C22H30ClIN4O2. The fourth-order valence-corrected chi connectivity index (χ4v) is 3.17. The SMILES string of the molecule is CCNC(=NCC(C)(C)c1ccc2c(c1)OCCO2)NCCc1ccc(Cl)nc1.I. The number of aliphatic imine (C=N–C) groups is 1. The van der Waals surface area contributed by atoms with Crippen LogP contribution >= 0.6 is 35.6 Å². The van der Waals surface area contributed by atoms with Gasteiger partial charge in [-0.25, -0.2) is 4.98 Å². The van der Waals surface area contributed by atoms with Crippen molar-refractivity contribution in [2.24, 2.45) is 4.99 Å². The fraction of sp³-hybridized carbons (Fsp3) is 0.455. The second-order valence-electron chi connectivity index (χ2n) is 7.60. The number of pyridine rings is 1. The number of nitrogens with one attached hydrogen (secondary N) is 2. The van der Waals surface area contributed by atoms with E-state index in [1.165, 1.54) is 5.56 Å². The lowest BCUT2D eigenvalue weighted by Gasteiger charge is -2.26. The molecule has 8 heteroatoms. The van der Waals surface area contributed by atoms with E-state index in [-0.39, 0.29) is 29.4 Å². The third-order valence-corrected chi connectivity index (χ3v) is 5.02. The number of rotatable bonds is 7. The van der Waals surface area contributed by atoms with E-state index < -0.39 is 0 Å². The minimum atomic E-state index is -0.141. The maximum atomic E-state index is 5.84. The van der Waals surface area contributed by atoms with Gasteiger partial charge < -0.3 is 20.1 Å². The van der Waals surface area contributed by atoms with Crippen LogP contribution in [0.1, 0.15) is 31.9 Å². The Morgan fingerprint density at radius 1 is 1.13 bits per heavy atom. The van der Waals surface area contributed by atoms with Crippen LogP contribution in [0.5, 0.6) is 11.5 Å². The van der Waals surface area contributed by atoms with Crippen LogP contribution in [-0.4, -0.2) is 43.8 Å². The van der Waals surface area contributed by atoms with Crippen molar-refractivity contribution >= 4 is 41.5 Å². The molecule has 0 spiro atoms. The van der Waals surface area contributed by atoms with E-state index in [1.54, 1.807) is 6.20 Å². The lowest BCUT2D eigenvalue weighted by atomic mass is 9.84. The van der Waals surface area contributed by atoms with E-state index in [1.807, 2.05) is 18.2 Å². The van der Waals surface area contributed by atoms with Crippen LogP contribution in [0.15, 0.2) is 41.5 Å². The Morgan fingerprint density at radius 2 is 1.90 bits per heavy atom. The molecule has 1 aromatic carbocycles. The Hall–Kier alpha value is -1.74. The van der Waals surface area contributed by atoms with E-state index in [9.17, 15) is 0 Å². The summed E-state index contributed by atoms with van der Waals surface area (Å²) in [6.45, 7) is 9.83. The molecule has 2 N–H and O–H groups in total. The molecule has 164 valence electrons. The van der Waals surface area contributed by atoms with Crippen molar-refractivity contribution in [1.82, 2.24) is 15.6 Å². The van der Waals surface area contributed by atoms with Crippen LogP contribution in [0.25, 0.3) is 0 Å². The van der Waals surface area contributed by atoms with Gasteiger partial charge in [0, 0.05) is 24.7 Å². The largest absolute Gasteiger partial charge is 0.486 e. The Bertz CT molecular complexity index is 844. The maximum Gasteiger partial charge on any atom is 0.191 e. The van der Waals surface area contributed by atoms with Gasteiger partial charge in [0.2, 0.25) is 0 Å². The van der Waals surface area contributed by atoms with E-state index in [0.717, 1.165) is 42.5 Å². The first-order valence-electron chi connectivity index (χ1n) is 10.0. The highest BCUT2D eigenvalue weighted by Gasteiger charge is 2.23. The van der Waals surface area contributed by atoms with Crippen molar-refractivity contribution in [3.8, 4) is 11.5 Å². The number of ether oxygens (including phenoxy) is 2. The van der Waals surface area contributed by atoms with Crippen LogP contribution in [0.2, 0.25) is 5.15 Å². The normalized spacial score (nSPS) is 13.4. The Kier molecular flexibility index (Phi) is 9.48. The average molecular weight is 545 g/mol. The van der Waals surface area contributed by atoms with Crippen molar-refractivity contribution < 1.29 is 9.47 Å². The van der Waals surface area contributed by atoms with Crippen molar-refractivity contribution in [2.45, 2.75) is 32.6 Å². The van der Waals surface area contributed by atoms with Gasteiger partial charge in [0.15, 0.2) is 17.5 Å². The van der Waals surface area contributed by atoms with Gasteiger partial charge >= 0.3 is 0 Å². The molecule has 3 rings (SSSR count). The molecular weight excluding hydrogens is 515 g/mol. The first-order valence-corrected chi connectivity index (χ1v) is 10.4. The fourth-order valence-electron chi connectivity index (χ4n) is 3.05. The van der Waals surface area contributed by atoms with Gasteiger partial charge in [0.1, 0.15) is 18.4 Å². The highest BCUT2D eigenvalue weighted by Crippen LogP contribution is 2.35. The van der Waals surface area contributed by atoms with Crippen LogP contribution < -0.4 is 20.1 Å². The number of guanidine groups is 1. The van der Waals surface area contributed by atoms with Crippen LogP contribution in [0.3, 0.4) is 0 Å². The molecule has 0 atom stereocenters. The first kappa shape index (κ1) is 24.5. The number of hydrogen-bond donors (Lipinski definition) is 2. The zero-order chi connectivity index (χ0) is 20.7. The van der Waals surface area contributed by atoms with E-state index in [4.69, 9.17) is 26.1 Å². The summed E-state index contributed by atoms with van der Waals surface area (Å²) in [7, 11) is 0. The highest BCUT2D eigenvalue weighted by atomic mass is 127. The number of fused-ring (bicyclic) bond motifs is 1. The van der Waals surface area contributed by atoms with Crippen LogP contribution in [0, 0.1) is 0 Å². The molecule has 0 saturated carbocycles. The summed E-state index contributed by atoms with van der Waals surface area (Å²) < 4.78 is 11.4. The smallest absolute Gasteiger partial charge is 0.191 e. The highest BCUT2D eigenvalue weighted by molar-refractivity contribution is 14.0. The topological polar surface area (TPSA) is 67.8 Å². The molecule has 0 aliphatic carbocycles. The average Bonchev–Trinajstić information content (AvgIpc) is 2.73. The summed E-state index contributed by atoms with van der Waals surface area (Å²) in [5.41, 5.74) is 2.17. The summed E-state index contributed by atoms with van der Waals surface area (Å²) in [4.78, 5) is 8.92. The summed E-state index contributed by atoms with van der Waals surface area (Å²) in [6, 6.07) is 9.95. The molecule has 1 aromatic heterocycles. The number of halogens is 2. The number of aromatic nitrogens is 1. The van der Waals surface area contributed by atoms with E-state index in [2.05, 4.69) is 48.5 Å². The number of hydrogen-bond acceptors (Lipinski definition) is 4. The summed E-state index contributed by atoms with van der Waals surface area (Å²) in [5.74, 6) is 2.43. The summed E-state index contributed by atoms with van der Waals surface area (Å²) >= 11 is 5.84. The molecule has 1 aliphatic heterocycles. The van der Waals surface area contributed by atoms with Gasteiger partial charge in [0.25, 0.3) is 0 Å². The lowest BCUT2D eigenvalue weighted by Crippen LogP contribution is -2.39. The quantitative estimate of drug-likeness (QED) is 0.237. The molecule has 0 radical (unpaired) electrons. The molecule has 1 aliphatic rings. The molecule has 6 nitrogen and oxygen atoms in total. The number of nitrogens with zero attached hydrogens (tertiary/aromatic N) is 2. The monoisotopic (exact) mass is 544 g/mol. The van der Waals surface area contributed by atoms with Crippen LogP contribution in [0.4, 0.5) is 0 Å². The molecule has 2 heterocycles. The van der Waals surface area contributed by atoms with Crippen LogP contribution in [-0.2, 0) is 11.8 Å². The van der Waals surface area contributed by atoms with Crippen molar-refractivity contribution in [2.75, 3.05) is 32.8 Å². The first-order chi connectivity index (χ1) is 14.0. The van der Waals surface area contributed by atoms with Crippen molar-refractivity contribution in [3.05, 3.63) is 52.8 Å². The minimum absolute atomic E-state index is 0. The van der Waals surface area contributed by atoms with E-state index in [0.29, 0.717) is 24.9 Å². The standard InChI is InChI=1S/C22H29ClN4O2.HI/c1-4-24-21(25-10-9-16-5-8-20(23)26-14-16)27-15-22(2,3)17-6-7-18-19(13-17)29-12-11-28-18;/h5-8,13-14H,4,9-12,15H2,1-3H3,(H2,24,25,27);1H. The molecule has 0 fully saturated rings. The van der Waals surface area contributed by atoms with Gasteiger partial charge in [-0.1, -0.05) is 37.6 Å². The summed E-state index contributed by atoms with van der Waals surface area (Å²) in [6.07, 6.45) is 2.65. The van der Waals surface area contributed by atoms with E-state index >= 15 is 0 Å². The second-order valence-corrected chi connectivity index (χ2v) is 7.99. The third-order valence-electron chi connectivity index (χ3n) is 4.80. The van der Waals surface area contributed by atoms with Gasteiger partial charge in [-0.15, -0.1) is 24.0 Å². The zero-order valence-electron chi connectivity index (χ0n) is 17.7. The van der Waals surface area contributed by atoms with Crippen molar-refractivity contribution in [3.63, 3.8) is 0 Å². The molecule has 30 heavy (non-hydrogen) atoms. The van der Waals surface area contributed by atoms with Gasteiger partial charge in [-0.05, 0) is 42.7 Å². The Morgan fingerprint density at radius 3 is 2.60 bits per heavy atom. The zero-order valence-corrected chi connectivity index (χ0v) is 20.8. The van der Waals surface area contributed by atoms with Gasteiger partial charge in [-0.2, -0.15) is 0 Å². The third kappa shape index (κ3) is 6.91. The van der Waals surface area contributed by atoms with Crippen molar-refractivity contribution in [1.29, 1.82) is 0 Å². The predicted octanol–water partition coefficient (Wildman–Crippen LogP) is 4.20. The molecule has 0 bridgehead atoms.